The maximum absolute atomic E-state index is 15.5. The zero-order valence-corrected chi connectivity index (χ0v) is 25.6. The Morgan fingerprint density at radius 2 is 1.78 bits per heavy atom. The van der Waals surface area contributed by atoms with Gasteiger partial charge in [0.2, 0.25) is 5.88 Å². The number of carbonyl (C=O) groups is 1. The number of aliphatic hydroxyl groups excluding tert-OH is 1. The first-order valence-corrected chi connectivity index (χ1v) is 15.9. The van der Waals surface area contributed by atoms with Crippen LogP contribution in [0.1, 0.15) is 49.7 Å². The number of carboxylic acid groups (broad SMARTS) is 1. The lowest BCUT2D eigenvalue weighted by atomic mass is 9.86. The van der Waals surface area contributed by atoms with Crippen molar-refractivity contribution in [3.05, 3.63) is 53.6 Å². The van der Waals surface area contributed by atoms with E-state index in [-0.39, 0.29) is 38.1 Å². The maximum Gasteiger partial charge on any atom is 0.407 e. The topological polar surface area (TPSA) is 120 Å². The van der Waals surface area contributed by atoms with Crippen LogP contribution in [0.25, 0.3) is 10.8 Å². The van der Waals surface area contributed by atoms with E-state index < -0.39 is 17.9 Å². The highest BCUT2D eigenvalue weighted by Gasteiger charge is 2.43. The van der Waals surface area contributed by atoms with Gasteiger partial charge in [-0.1, -0.05) is 24.6 Å². The van der Waals surface area contributed by atoms with Crippen LogP contribution in [0.5, 0.6) is 5.88 Å². The van der Waals surface area contributed by atoms with E-state index in [0.29, 0.717) is 44.5 Å². The van der Waals surface area contributed by atoms with Gasteiger partial charge in [0.15, 0.2) is 5.82 Å². The number of benzene rings is 2. The number of ether oxygens (including phenoxy) is 2. The van der Waals surface area contributed by atoms with Crippen molar-refractivity contribution in [3.8, 4) is 5.88 Å². The highest BCUT2D eigenvalue weighted by Crippen LogP contribution is 2.42. The highest BCUT2D eigenvalue weighted by molar-refractivity contribution is 5.96. The molecule has 0 saturated carbocycles. The molecular weight excluding hydrogens is 584 g/mol. The van der Waals surface area contributed by atoms with Crippen molar-refractivity contribution in [1.29, 1.82) is 0 Å². The molecule has 3 N–H and O–H groups in total. The van der Waals surface area contributed by atoms with Crippen molar-refractivity contribution in [2.24, 2.45) is 5.92 Å². The smallest absolute Gasteiger partial charge is 0.407 e. The zero-order chi connectivity index (χ0) is 31.6. The molecule has 2 aromatic carbocycles. The minimum atomic E-state index is -3.04. The largest absolute Gasteiger partial charge is 0.476 e. The predicted octanol–water partition coefficient (Wildman–Crippen LogP) is 5.53. The molecule has 2 aliphatic rings. The van der Waals surface area contributed by atoms with E-state index in [2.05, 4.69) is 32.5 Å². The zero-order valence-electron chi connectivity index (χ0n) is 25.6. The number of anilines is 2. The number of rotatable bonds is 14. The van der Waals surface area contributed by atoms with Crippen molar-refractivity contribution < 1.29 is 33.3 Å². The molecule has 0 unspecified atom stereocenters. The first-order valence-electron chi connectivity index (χ1n) is 15.9. The molecule has 3 aromatic rings. The standard InChI is InChI=1S/C33H43F2N5O5/c34-33(35,25-11-14-40(15-12-25)32(42)43)26-7-5-6-24(22-26)10-13-36-30-28-9-8-27(39-16-20-44-21-17-39)23-29(28)31(38-37-30)45-19-4-2-1-3-18-41/h5-9,22-23,25,41H,1-4,10-21H2,(H,36,37)(H,42,43). The average Bonchev–Trinajstić information content (AvgIpc) is 3.07. The Bertz CT molecular complexity index is 1410. The minimum Gasteiger partial charge on any atom is -0.476 e. The second-order valence-electron chi connectivity index (χ2n) is 11.7. The number of hydrogen-bond acceptors (Lipinski definition) is 8. The molecule has 2 aliphatic heterocycles. The number of unbranched alkanes of at least 4 members (excludes halogenated alkanes) is 3. The normalized spacial score (nSPS) is 16.2. The summed E-state index contributed by atoms with van der Waals surface area (Å²) in [7, 11) is 0. The molecule has 2 fully saturated rings. The van der Waals surface area contributed by atoms with E-state index in [9.17, 15) is 4.79 Å². The van der Waals surface area contributed by atoms with Crippen LogP contribution in [0.2, 0.25) is 0 Å². The van der Waals surface area contributed by atoms with Crippen LogP contribution in [0.15, 0.2) is 42.5 Å². The number of aromatic nitrogens is 2. The fourth-order valence-corrected chi connectivity index (χ4v) is 6.04. The molecule has 3 heterocycles. The summed E-state index contributed by atoms with van der Waals surface area (Å²) >= 11 is 0. The van der Waals surface area contributed by atoms with Crippen LogP contribution in [-0.2, 0) is 17.1 Å². The van der Waals surface area contributed by atoms with Gasteiger partial charge < -0.3 is 34.8 Å². The van der Waals surface area contributed by atoms with Gasteiger partial charge in [-0.2, -0.15) is 0 Å². The Balaban J connectivity index is 1.26. The number of morpholine rings is 1. The van der Waals surface area contributed by atoms with E-state index >= 15 is 8.78 Å². The number of likely N-dealkylation sites (tertiary alicyclic amines) is 1. The summed E-state index contributed by atoms with van der Waals surface area (Å²) in [6.07, 6.45) is 3.25. The number of amides is 1. The van der Waals surface area contributed by atoms with Crippen LogP contribution < -0.4 is 15.0 Å². The Kier molecular flexibility index (Phi) is 11.2. The van der Waals surface area contributed by atoms with E-state index in [1.807, 2.05) is 12.1 Å². The van der Waals surface area contributed by atoms with E-state index in [1.54, 1.807) is 12.1 Å². The molecule has 10 nitrogen and oxygen atoms in total. The lowest BCUT2D eigenvalue weighted by Crippen LogP contribution is -2.41. The number of piperidine rings is 1. The second-order valence-corrected chi connectivity index (χ2v) is 11.7. The Morgan fingerprint density at radius 1 is 1.00 bits per heavy atom. The monoisotopic (exact) mass is 627 g/mol. The average molecular weight is 628 g/mol. The maximum atomic E-state index is 15.5. The number of alkyl halides is 2. The summed E-state index contributed by atoms with van der Waals surface area (Å²) in [5.41, 5.74) is 1.80. The number of aliphatic hydroxyl groups is 1. The molecule has 45 heavy (non-hydrogen) atoms. The van der Waals surface area contributed by atoms with Crippen LogP contribution in [0, 0.1) is 5.92 Å². The molecular formula is C33H43F2N5O5. The van der Waals surface area contributed by atoms with Gasteiger partial charge in [-0.25, -0.2) is 13.6 Å². The lowest BCUT2D eigenvalue weighted by molar-refractivity contribution is -0.0836. The number of halogens is 2. The SMILES string of the molecule is O=C(O)N1CCC(C(F)(F)c2cccc(CCNc3nnc(OCCCCCCO)c4cc(N5CCOCC5)ccc34)c2)CC1. The van der Waals surface area contributed by atoms with Crippen LogP contribution in [0.3, 0.4) is 0 Å². The molecule has 0 radical (unpaired) electrons. The van der Waals surface area contributed by atoms with Crippen molar-refractivity contribution in [3.63, 3.8) is 0 Å². The third kappa shape index (κ3) is 8.29. The van der Waals surface area contributed by atoms with Gasteiger partial charge in [-0.3, -0.25) is 0 Å². The molecule has 244 valence electrons. The summed E-state index contributed by atoms with van der Waals surface area (Å²) in [6.45, 7) is 4.36. The summed E-state index contributed by atoms with van der Waals surface area (Å²) in [5, 5.41) is 32.1. The summed E-state index contributed by atoms with van der Waals surface area (Å²) in [4.78, 5) is 14.7. The summed E-state index contributed by atoms with van der Waals surface area (Å²) in [6, 6.07) is 12.7. The molecule has 1 aromatic heterocycles. The fraction of sp³-hybridized carbons (Fsp3) is 0.545. The number of hydrogen-bond donors (Lipinski definition) is 3. The van der Waals surface area contributed by atoms with Gasteiger partial charge in [0.25, 0.3) is 5.92 Å². The Labute approximate surface area is 262 Å². The van der Waals surface area contributed by atoms with Gasteiger partial charge in [0, 0.05) is 61.9 Å². The second kappa shape index (κ2) is 15.5. The lowest BCUT2D eigenvalue weighted by Gasteiger charge is -2.34. The van der Waals surface area contributed by atoms with Crippen molar-refractivity contribution in [2.75, 3.05) is 69.4 Å². The van der Waals surface area contributed by atoms with Gasteiger partial charge in [0.1, 0.15) is 0 Å². The summed E-state index contributed by atoms with van der Waals surface area (Å²) in [5.74, 6) is -2.87. The summed E-state index contributed by atoms with van der Waals surface area (Å²) < 4.78 is 42.5. The molecule has 2 saturated heterocycles. The van der Waals surface area contributed by atoms with Gasteiger partial charge in [0.05, 0.1) is 25.2 Å². The first kappa shape index (κ1) is 32.6. The van der Waals surface area contributed by atoms with Crippen LogP contribution in [0.4, 0.5) is 25.1 Å². The number of nitrogens with one attached hydrogen (secondary N) is 1. The molecule has 0 aliphatic carbocycles. The number of nitrogens with zero attached hydrogens (tertiary/aromatic N) is 4. The Morgan fingerprint density at radius 3 is 2.53 bits per heavy atom. The molecule has 5 rings (SSSR count). The molecule has 1 amide bonds. The fourth-order valence-electron chi connectivity index (χ4n) is 6.04. The highest BCUT2D eigenvalue weighted by atomic mass is 19.3. The van der Waals surface area contributed by atoms with Crippen LogP contribution in [-0.4, -0.2) is 90.6 Å². The third-order valence-corrected chi connectivity index (χ3v) is 8.69. The molecule has 0 atom stereocenters. The minimum absolute atomic E-state index is 0.0347. The van der Waals surface area contributed by atoms with Gasteiger partial charge in [-0.05, 0) is 68.4 Å². The first-order chi connectivity index (χ1) is 21.9. The van der Waals surface area contributed by atoms with Crippen molar-refractivity contribution >= 4 is 28.4 Å². The van der Waals surface area contributed by atoms with Crippen LogP contribution >= 0.6 is 0 Å². The quantitative estimate of drug-likeness (QED) is 0.198. The van der Waals surface area contributed by atoms with E-state index in [0.717, 1.165) is 60.8 Å². The van der Waals surface area contributed by atoms with Gasteiger partial charge in [-0.15, -0.1) is 10.2 Å². The predicted molar refractivity (Wildman–Crippen MR) is 168 cm³/mol. The van der Waals surface area contributed by atoms with Gasteiger partial charge >= 0.3 is 6.09 Å². The third-order valence-electron chi connectivity index (χ3n) is 8.69. The van der Waals surface area contributed by atoms with Crippen molar-refractivity contribution in [2.45, 2.75) is 50.9 Å². The van der Waals surface area contributed by atoms with E-state index in [4.69, 9.17) is 19.7 Å². The molecule has 0 spiro atoms. The number of fused-ring (bicyclic) bond motifs is 1. The molecule has 0 bridgehead atoms. The van der Waals surface area contributed by atoms with E-state index in [1.165, 1.54) is 11.0 Å². The Hall–Kier alpha value is -3.77. The molecule has 12 heteroatoms. The van der Waals surface area contributed by atoms with Crippen molar-refractivity contribution in [1.82, 2.24) is 15.1 Å².